The SMILES string of the molecule is O=[N+]([O-])c1ccccc1-c1nc(=S)c2c([nH]1)CCCCC2. The van der Waals surface area contributed by atoms with Crippen LogP contribution in [0.3, 0.4) is 0 Å². The van der Waals surface area contributed by atoms with Crippen LogP contribution in [0.1, 0.15) is 30.5 Å². The van der Waals surface area contributed by atoms with Gasteiger partial charge in [0.2, 0.25) is 0 Å². The molecule has 1 heterocycles. The van der Waals surface area contributed by atoms with E-state index in [9.17, 15) is 10.1 Å². The predicted molar refractivity (Wildman–Crippen MR) is 82.8 cm³/mol. The van der Waals surface area contributed by atoms with Gasteiger partial charge in [0, 0.05) is 17.3 Å². The maximum Gasteiger partial charge on any atom is 0.280 e. The largest absolute Gasteiger partial charge is 0.343 e. The molecule has 1 aliphatic rings. The van der Waals surface area contributed by atoms with Crippen molar-refractivity contribution in [2.45, 2.75) is 32.1 Å². The Morgan fingerprint density at radius 1 is 1.19 bits per heavy atom. The first-order valence-corrected chi connectivity index (χ1v) is 7.43. The Kier molecular flexibility index (Phi) is 3.79. The Balaban J connectivity index is 2.17. The summed E-state index contributed by atoms with van der Waals surface area (Å²) >= 11 is 5.39. The van der Waals surface area contributed by atoms with Crippen molar-refractivity contribution >= 4 is 17.9 Å². The quantitative estimate of drug-likeness (QED) is 0.394. The summed E-state index contributed by atoms with van der Waals surface area (Å²) in [5.41, 5.74) is 2.72. The van der Waals surface area contributed by atoms with Gasteiger partial charge in [-0.05, 0) is 31.7 Å². The van der Waals surface area contributed by atoms with Gasteiger partial charge in [-0.1, -0.05) is 30.8 Å². The Bertz CT molecular complexity index is 755. The zero-order valence-electron chi connectivity index (χ0n) is 11.5. The summed E-state index contributed by atoms with van der Waals surface area (Å²) in [6.07, 6.45) is 5.28. The molecule has 0 aliphatic heterocycles. The second-order valence-corrected chi connectivity index (χ2v) is 5.57. The van der Waals surface area contributed by atoms with Crippen LogP contribution in [0.4, 0.5) is 5.69 Å². The molecule has 1 aliphatic carbocycles. The molecular weight excluding hydrogens is 286 g/mol. The number of nitrogens with one attached hydrogen (secondary N) is 1. The van der Waals surface area contributed by atoms with Crippen molar-refractivity contribution in [1.29, 1.82) is 0 Å². The summed E-state index contributed by atoms with van der Waals surface area (Å²) in [4.78, 5) is 18.4. The lowest BCUT2D eigenvalue weighted by atomic mass is 10.1. The van der Waals surface area contributed by atoms with Crippen molar-refractivity contribution in [2.75, 3.05) is 0 Å². The average molecular weight is 301 g/mol. The Morgan fingerprint density at radius 3 is 2.76 bits per heavy atom. The summed E-state index contributed by atoms with van der Waals surface area (Å²) in [7, 11) is 0. The monoisotopic (exact) mass is 301 g/mol. The molecule has 1 N–H and O–H groups in total. The van der Waals surface area contributed by atoms with Gasteiger partial charge in [0.1, 0.15) is 10.5 Å². The van der Waals surface area contributed by atoms with Crippen molar-refractivity contribution in [3.8, 4) is 11.4 Å². The highest BCUT2D eigenvalue weighted by Crippen LogP contribution is 2.29. The third kappa shape index (κ3) is 2.71. The lowest BCUT2D eigenvalue weighted by molar-refractivity contribution is -0.384. The smallest absolute Gasteiger partial charge is 0.280 e. The summed E-state index contributed by atoms with van der Waals surface area (Å²) in [6, 6.07) is 6.61. The minimum absolute atomic E-state index is 0.0456. The topological polar surface area (TPSA) is 71.8 Å². The molecule has 0 spiro atoms. The summed E-state index contributed by atoms with van der Waals surface area (Å²) in [5, 5.41) is 11.2. The molecule has 5 nitrogen and oxygen atoms in total. The number of aromatic nitrogens is 2. The average Bonchev–Trinajstić information content (AvgIpc) is 2.73. The third-order valence-electron chi connectivity index (χ3n) is 3.81. The van der Waals surface area contributed by atoms with E-state index in [0.717, 1.165) is 36.9 Å². The molecule has 0 fully saturated rings. The molecule has 2 aromatic rings. The number of nitro benzene ring substituents is 1. The molecule has 0 unspecified atom stereocenters. The number of nitrogens with zero attached hydrogens (tertiary/aromatic N) is 2. The van der Waals surface area contributed by atoms with E-state index in [-0.39, 0.29) is 10.6 Å². The number of hydrogen-bond acceptors (Lipinski definition) is 4. The van der Waals surface area contributed by atoms with E-state index in [1.165, 1.54) is 12.5 Å². The summed E-state index contributed by atoms with van der Waals surface area (Å²) < 4.78 is 0.568. The molecule has 0 saturated carbocycles. The minimum Gasteiger partial charge on any atom is -0.343 e. The van der Waals surface area contributed by atoms with Gasteiger partial charge in [-0.2, -0.15) is 0 Å². The highest BCUT2D eigenvalue weighted by atomic mass is 32.1. The van der Waals surface area contributed by atoms with E-state index < -0.39 is 0 Å². The van der Waals surface area contributed by atoms with E-state index in [1.807, 2.05) is 0 Å². The molecule has 21 heavy (non-hydrogen) atoms. The number of nitro groups is 1. The molecular formula is C15H15N3O2S. The Hall–Kier alpha value is -2.08. The van der Waals surface area contributed by atoms with Gasteiger partial charge in [0.05, 0.1) is 10.5 Å². The third-order valence-corrected chi connectivity index (χ3v) is 4.15. The van der Waals surface area contributed by atoms with Gasteiger partial charge >= 0.3 is 0 Å². The van der Waals surface area contributed by atoms with E-state index >= 15 is 0 Å². The van der Waals surface area contributed by atoms with Gasteiger partial charge < -0.3 is 4.98 Å². The fourth-order valence-electron chi connectivity index (χ4n) is 2.76. The van der Waals surface area contributed by atoms with Crippen molar-refractivity contribution in [3.63, 3.8) is 0 Å². The van der Waals surface area contributed by atoms with Crippen LogP contribution in [0.25, 0.3) is 11.4 Å². The first-order valence-electron chi connectivity index (χ1n) is 7.02. The first-order chi connectivity index (χ1) is 10.2. The van der Waals surface area contributed by atoms with E-state index in [2.05, 4.69) is 9.97 Å². The number of benzene rings is 1. The van der Waals surface area contributed by atoms with Gasteiger partial charge in [0.15, 0.2) is 0 Å². The van der Waals surface area contributed by atoms with Gasteiger partial charge in [-0.15, -0.1) is 0 Å². The number of para-hydroxylation sites is 1. The maximum absolute atomic E-state index is 11.2. The number of rotatable bonds is 2. The Labute approximate surface area is 127 Å². The second-order valence-electron chi connectivity index (χ2n) is 5.18. The van der Waals surface area contributed by atoms with Crippen LogP contribution in [0.15, 0.2) is 24.3 Å². The lowest BCUT2D eigenvalue weighted by Crippen LogP contribution is -2.03. The van der Waals surface area contributed by atoms with Crippen LogP contribution >= 0.6 is 12.2 Å². The highest BCUT2D eigenvalue weighted by Gasteiger charge is 2.18. The highest BCUT2D eigenvalue weighted by molar-refractivity contribution is 7.71. The zero-order valence-corrected chi connectivity index (χ0v) is 12.3. The fourth-order valence-corrected chi connectivity index (χ4v) is 3.07. The van der Waals surface area contributed by atoms with Crippen LogP contribution in [-0.2, 0) is 12.8 Å². The van der Waals surface area contributed by atoms with Crippen molar-refractivity contribution in [2.24, 2.45) is 0 Å². The second kappa shape index (κ2) is 5.73. The van der Waals surface area contributed by atoms with Gasteiger partial charge in [-0.3, -0.25) is 10.1 Å². The summed E-state index contributed by atoms with van der Waals surface area (Å²) in [5.74, 6) is 0.493. The Morgan fingerprint density at radius 2 is 1.95 bits per heavy atom. The molecule has 1 aromatic carbocycles. The van der Waals surface area contributed by atoms with Crippen molar-refractivity contribution in [3.05, 3.63) is 50.3 Å². The normalized spacial score (nSPS) is 14.3. The zero-order chi connectivity index (χ0) is 14.8. The number of H-pyrrole nitrogens is 1. The molecule has 0 radical (unpaired) electrons. The molecule has 0 atom stereocenters. The fraction of sp³-hybridized carbons (Fsp3) is 0.333. The van der Waals surface area contributed by atoms with Crippen LogP contribution in [0.5, 0.6) is 0 Å². The lowest BCUT2D eigenvalue weighted by Gasteiger charge is -2.09. The molecule has 0 amide bonds. The van der Waals surface area contributed by atoms with E-state index in [1.54, 1.807) is 18.2 Å². The number of fused-ring (bicyclic) bond motifs is 1. The number of aromatic amines is 1. The predicted octanol–water partition coefficient (Wildman–Crippen LogP) is 3.98. The van der Waals surface area contributed by atoms with E-state index in [0.29, 0.717) is 16.0 Å². The van der Waals surface area contributed by atoms with Crippen LogP contribution in [-0.4, -0.2) is 14.9 Å². The number of aryl methyl sites for hydroxylation is 1. The maximum atomic E-state index is 11.2. The number of hydrogen-bond donors (Lipinski definition) is 1. The van der Waals surface area contributed by atoms with E-state index in [4.69, 9.17) is 12.2 Å². The molecule has 108 valence electrons. The molecule has 1 aromatic heterocycles. The van der Waals surface area contributed by atoms with Crippen molar-refractivity contribution < 1.29 is 4.92 Å². The van der Waals surface area contributed by atoms with Gasteiger partial charge in [0.25, 0.3) is 5.69 Å². The molecule has 6 heteroatoms. The molecule has 3 rings (SSSR count). The molecule has 0 saturated heterocycles. The van der Waals surface area contributed by atoms with Crippen LogP contribution in [0.2, 0.25) is 0 Å². The molecule has 0 bridgehead atoms. The summed E-state index contributed by atoms with van der Waals surface area (Å²) in [6.45, 7) is 0. The van der Waals surface area contributed by atoms with Crippen LogP contribution < -0.4 is 0 Å². The standard InChI is InChI=1S/C15H15N3O2S/c19-18(20)13-9-5-4-7-11(13)14-16-12-8-3-1-2-6-10(12)15(21)17-14/h4-5,7,9H,1-3,6,8H2,(H,16,17,21). The van der Waals surface area contributed by atoms with Crippen LogP contribution in [0, 0.1) is 14.8 Å². The van der Waals surface area contributed by atoms with Gasteiger partial charge in [-0.25, -0.2) is 4.98 Å². The van der Waals surface area contributed by atoms with Crippen molar-refractivity contribution in [1.82, 2.24) is 9.97 Å². The first kappa shape index (κ1) is 13.9. The minimum atomic E-state index is -0.389.